The summed E-state index contributed by atoms with van der Waals surface area (Å²) in [6, 6.07) is 11.7. The van der Waals surface area contributed by atoms with Gasteiger partial charge in [0.1, 0.15) is 11.6 Å². The van der Waals surface area contributed by atoms with E-state index in [2.05, 4.69) is 10.3 Å². The molecule has 0 aliphatic rings. The van der Waals surface area contributed by atoms with Crippen molar-refractivity contribution in [1.82, 2.24) is 4.98 Å². The molecule has 1 unspecified atom stereocenters. The molecule has 1 aromatic carbocycles. The molecule has 0 spiro atoms. The van der Waals surface area contributed by atoms with E-state index < -0.39 is 12.0 Å². The Balaban J connectivity index is 2.06. The second-order valence-corrected chi connectivity index (χ2v) is 3.85. The highest BCUT2D eigenvalue weighted by Crippen LogP contribution is 2.13. The molecule has 98 valence electrons. The van der Waals surface area contributed by atoms with Gasteiger partial charge in [0.05, 0.1) is 7.11 Å². The van der Waals surface area contributed by atoms with Gasteiger partial charge in [-0.1, -0.05) is 6.07 Å². The first kappa shape index (κ1) is 13.0. The van der Waals surface area contributed by atoms with Crippen LogP contribution >= 0.6 is 0 Å². The minimum absolute atomic E-state index is 0.400. The first-order valence-corrected chi connectivity index (χ1v) is 5.74. The summed E-state index contributed by atoms with van der Waals surface area (Å²) < 4.78 is 5.01. The van der Waals surface area contributed by atoms with Crippen LogP contribution in [0.25, 0.3) is 0 Å². The van der Waals surface area contributed by atoms with Gasteiger partial charge in [-0.2, -0.15) is 0 Å². The molecule has 1 heterocycles. The third-order valence-corrected chi connectivity index (χ3v) is 2.57. The summed E-state index contributed by atoms with van der Waals surface area (Å²) in [5.74, 6) is 0.675. The standard InChI is InChI=1S/C14H14N2O3/c1-19-11-7-5-10(6-8-11)13(17)14(18)16-12-4-2-3-9-15-12/h2-9,14,18H,1H3,(H,15,16). The van der Waals surface area contributed by atoms with Crippen LogP contribution < -0.4 is 10.1 Å². The van der Waals surface area contributed by atoms with Gasteiger partial charge in [0.2, 0.25) is 5.78 Å². The summed E-state index contributed by atoms with van der Waals surface area (Å²) in [7, 11) is 1.55. The van der Waals surface area contributed by atoms with E-state index in [1.807, 2.05) is 0 Å². The van der Waals surface area contributed by atoms with Crippen LogP contribution in [0.3, 0.4) is 0 Å². The largest absolute Gasteiger partial charge is 0.497 e. The van der Waals surface area contributed by atoms with Gasteiger partial charge in [-0.3, -0.25) is 4.79 Å². The van der Waals surface area contributed by atoms with Gasteiger partial charge < -0.3 is 15.2 Å². The maximum atomic E-state index is 12.0. The smallest absolute Gasteiger partial charge is 0.211 e. The molecule has 5 heteroatoms. The molecule has 19 heavy (non-hydrogen) atoms. The zero-order valence-electron chi connectivity index (χ0n) is 10.4. The zero-order valence-corrected chi connectivity index (χ0v) is 10.4. The number of Topliss-reactive ketones (excluding diaryl/α,β-unsaturated/α-hetero) is 1. The van der Waals surface area contributed by atoms with Gasteiger partial charge in [-0.25, -0.2) is 4.98 Å². The van der Waals surface area contributed by atoms with Gasteiger partial charge in [0.15, 0.2) is 6.23 Å². The number of aliphatic hydroxyl groups is 1. The fraction of sp³-hybridized carbons (Fsp3) is 0.143. The van der Waals surface area contributed by atoms with Crippen molar-refractivity contribution in [2.24, 2.45) is 0 Å². The molecular formula is C14H14N2O3. The maximum Gasteiger partial charge on any atom is 0.211 e. The van der Waals surface area contributed by atoms with E-state index >= 15 is 0 Å². The molecule has 0 aliphatic carbocycles. The molecule has 1 atom stereocenters. The lowest BCUT2D eigenvalue weighted by molar-refractivity contribution is 0.0793. The van der Waals surface area contributed by atoms with E-state index in [4.69, 9.17) is 4.74 Å². The predicted molar refractivity (Wildman–Crippen MR) is 71.2 cm³/mol. The van der Waals surface area contributed by atoms with Crippen LogP contribution in [-0.4, -0.2) is 29.2 Å². The quantitative estimate of drug-likeness (QED) is 0.631. The van der Waals surface area contributed by atoms with Crippen LogP contribution in [0.4, 0.5) is 5.82 Å². The van der Waals surface area contributed by atoms with Crippen molar-refractivity contribution in [3.8, 4) is 5.75 Å². The van der Waals surface area contributed by atoms with Gasteiger partial charge in [0, 0.05) is 11.8 Å². The number of pyridine rings is 1. The number of benzene rings is 1. The van der Waals surface area contributed by atoms with Crippen molar-refractivity contribution in [3.05, 3.63) is 54.2 Å². The highest BCUT2D eigenvalue weighted by molar-refractivity contribution is 6.00. The molecule has 0 radical (unpaired) electrons. The molecule has 2 aromatic rings. The molecule has 0 saturated heterocycles. The van der Waals surface area contributed by atoms with Crippen LogP contribution in [0.1, 0.15) is 10.4 Å². The van der Waals surface area contributed by atoms with Crippen molar-refractivity contribution in [1.29, 1.82) is 0 Å². The first-order valence-electron chi connectivity index (χ1n) is 5.74. The first-order chi connectivity index (χ1) is 9.20. The number of aromatic nitrogens is 1. The van der Waals surface area contributed by atoms with Crippen LogP contribution in [0, 0.1) is 0 Å². The Bertz CT molecular complexity index is 540. The van der Waals surface area contributed by atoms with Crippen LogP contribution in [0.5, 0.6) is 5.75 Å². The van der Waals surface area contributed by atoms with Crippen LogP contribution in [0.15, 0.2) is 48.7 Å². The Kier molecular flexibility index (Phi) is 4.10. The van der Waals surface area contributed by atoms with E-state index in [0.717, 1.165) is 0 Å². The Hall–Kier alpha value is -2.40. The number of methoxy groups -OCH3 is 1. The maximum absolute atomic E-state index is 12.0. The van der Waals surface area contributed by atoms with E-state index in [0.29, 0.717) is 17.1 Å². The fourth-order valence-corrected chi connectivity index (χ4v) is 1.57. The van der Waals surface area contributed by atoms with Gasteiger partial charge in [0.25, 0.3) is 0 Å². The topological polar surface area (TPSA) is 71.5 Å². The third kappa shape index (κ3) is 3.29. The van der Waals surface area contributed by atoms with Crippen molar-refractivity contribution in [2.75, 3.05) is 12.4 Å². The van der Waals surface area contributed by atoms with Crippen molar-refractivity contribution < 1.29 is 14.6 Å². The molecule has 0 saturated carbocycles. The van der Waals surface area contributed by atoms with Crippen LogP contribution in [-0.2, 0) is 0 Å². The lowest BCUT2D eigenvalue weighted by atomic mass is 10.1. The number of ether oxygens (including phenoxy) is 1. The minimum Gasteiger partial charge on any atom is -0.497 e. The molecule has 2 rings (SSSR count). The van der Waals surface area contributed by atoms with Crippen molar-refractivity contribution in [3.63, 3.8) is 0 Å². The molecule has 0 aliphatic heterocycles. The van der Waals surface area contributed by atoms with E-state index in [1.165, 1.54) is 0 Å². The number of carbonyl (C=O) groups excluding carboxylic acids is 1. The zero-order chi connectivity index (χ0) is 13.7. The average Bonchev–Trinajstić information content (AvgIpc) is 2.47. The van der Waals surface area contributed by atoms with Crippen LogP contribution in [0.2, 0.25) is 0 Å². The molecule has 0 fully saturated rings. The van der Waals surface area contributed by atoms with Crippen molar-refractivity contribution >= 4 is 11.6 Å². The lowest BCUT2D eigenvalue weighted by Crippen LogP contribution is -2.29. The summed E-state index contributed by atoms with van der Waals surface area (Å²) >= 11 is 0. The monoisotopic (exact) mass is 258 g/mol. The third-order valence-electron chi connectivity index (χ3n) is 2.57. The number of hydrogen-bond donors (Lipinski definition) is 2. The number of nitrogens with zero attached hydrogens (tertiary/aromatic N) is 1. The normalized spacial score (nSPS) is 11.7. The number of nitrogens with one attached hydrogen (secondary N) is 1. The molecule has 2 N–H and O–H groups in total. The minimum atomic E-state index is -1.33. The second-order valence-electron chi connectivity index (χ2n) is 3.85. The molecule has 0 amide bonds. The number of anilines is 1. The summed E-state index contributed by atoms with van der Waals surface area (Å²) in [5, 5.41) is 12.5. The van der Waals surface area contributed by atoms with Crippen molar-refractivity contribution in [2.45, 2.75) is 6.23 Å². The van der Waals surface area contributed by atoms with Gasteiger partial charge in [-0.15, -0.1) is 0 Å². The number of rotatable bonds is 5. The molecule has 0 bridgehead atoms. The Morgan fingerprint density at radius 2 is 2.00 bits per heavy atom. The Morgan fingerprint density at radius 3 is 2.58 bits per heavy atom. The number of hydrogen-bond acceptors (Lipinski definition) is 5. The lowest BCUT2D eigenvalue weighted by Gasteiger charge is -2.12. The Morgan fingerprint density at radius 1 is 1.26 bits per heavy atom. The molecule has 1 aromatic heterocycles. The summed E-state index contributed by atoms with van der Waals surface area (Å²) in [6.07, 6.45) is 0.246. The SMILES string of the molecule is COc1ccc(C(=O)C(O)Nc2ccccn2)cc1. The number of aliphatic hydroxyl groups excluding tert-OH is 1. The fourth-order valence-electron chi connectivity index (χ4n) is 1.57. The summed E-state index contributed by atoms with van der Waals surface area (Å²) in [4.78, 5) is 15.9. The summed E-state index contributed by atoms with van der Waals surface area (Å²) in [6.45, 7) is 0. The highest BCUT2D eigenvalue weighted by atomic mass is 16.5. The molecule has 5 nitrogen and oxygen atoms in total. The second kappa shape index (κ2) is 5.97. The van der Waals surface area contributed by atoms with E-state index in [9.17, 15) is 9.90 Å². The van der Waals surface area contributed by atoms with E-state index in [-0.39, 0.29) is 0 Å². The molecular weight excluding hydrogens is 244 g/mol. The number of carbonyl (C=O) groups is 1. The Labute approximate surface area is 110 Å². The number of ketones is 1. The predicted octanol–water partition coefficient (Wildman–Crippen LogP) is 1.70. The van der Waals surface area contributed by atoms with Gasteiger partial charge in [-0.05, 0) is 36.4 Å². The van der Waals surface area contributed by atoms with Gasteiger partial charge >= 0.3 is 0 Å². The summed E-state index contributed by atoms with van der Waals surface area (Å²) in [5.41, 5.74) is 0.400. The average molecular weight is 258 g/mol. The van der Waals surface area contributed by atoms with E-state index in [1.54, 1.807) is 55.8 Å². The highest BCUT2D eigenvalue weighted by Gasteiger charge is 2.17.